The van der Waals surface area contributed by atoms with E-state index < -0.39 is 0 Å². The van der Waals surface area contributed by atoms with Gasteiger partial charge in [-0.15, -0.1) is 0 Å². The molecule has 1 saturated carbocycles. The number of ether oxygens (including phenoxy) is 1. The highest BCUT2D eigenvalue weighted by Crippen LogP contribution is 2.39. The lowest BCUT2D eigenvalue weighted by Crippen LogP contribution is -2.33. The summed E-state index contributed by atoms with van der Waals surface area (Å²) in [6, 6.07) is 9.76. The Labute approximate surface area is 140 Å². The first-order valence-corrected chi connectivity index (χ1v) is 8.56. The molecule has 2 aromatic rings. The van der Waals surface area contributed by atoms with Gasteiger partial charge in [0.25, 0.3) is 0 Å². The van der Waals surface area contributed by atoms with Crippen LogP contribution in [0.4, 0.5) is 0 Å². The normalized spacial score (nSPS) is 20.5. The number of carbonyl (C=O) groups is 1. The highest BCUT2D eigenvalue weighted by Gasteiger charge is 2.36. The van der Waals surface area contributed by atoms with Crippen LogP contribution in [-0.4, -0.2) is 34.1 Å². The number of amides is 1. The molecule has 1 saturated heterocycles. The molecule has 0 radical (unpaired) electrons. The Morgan fingerprint density at radius 2 is 2.08 bits per heavy atom. The smallest absolute Gasteiger partial charge is 0.249 e. The van der Waals surface area contributed by atoms with Crippen LogP contribution in [0.25, 0.3) is 0 Å². The Morgan fingerprint density at radius 3 is 2.88 bits per heavy atom. The standard InChI is InChI=1S/C18H21N3O3/c22-16(12-23-11-13-5-2-1-3-6-13)21-10-4-7-15(21)18-19-17(20-24-18)14-8-9-14/h1-3,5-6,14-15H,4,7-12H2/t15-/m0/s1. The van der Waals surface area contributed by atoms with Crippen LogP contribution in [0, 0.1) is 0 Å². The molecule has 1 aromatic heterocycles. The second-order valence-electron chi connectivity index (χ2n) is 6.49. The summed E-state index contributed by atoms with van der Waals surface area (Å²) in [5.41, 5.74) is 1.06. The van der Waals surface area contributed by atoms with Crippen molar-refractivity contribution in [3.05, 3.63) is 47.6 Å². The van der Waals surface area contributed by atoms with E-state index in [-0.39, 0.29) is 18.6 Å². The van der Waals surface area contributed by atoms with Crippen LogP contribution in [-0.2, 0) is 16.1 Å². The number of rotatable bonds is 6. The molecule has 0 spiro atoms. The number of benzene rings is 1. The van der Waals surface area contributed by atoms with Gasteiger partial charge >= 0.3 is 0 Å². The molecule has 2 heterocycles. The summed E-state index contributed by atoms with van der Waals surface area (Å²) in [5.74, 6) is 1.82. The predicted octanol–water partition coefficient (Wildman–Crippen LogP) is 2.83. The molecule has 0 N–H and O–H groups in total. The highest BCUT2D eigenvalue weighted by molar-refractivity contribution is 5.78. The van der Waals surface area contributed by atoms with Crippen LogP contribution in [0.15, 0.2) is 34.9 Å². The molecule has 2 aliphatic rings. The molecule has 4 rings (SSSR count). The molecular weight excluding hydrogens is 306 g/mol. The van der Waals surface area contributed by atoms with E-state index in [1.54, 1.807) is 0 Å². The Balaban J connectivity index is 1.34. The van der Waals surface area contributed by atoms with Gasteiger partial charge in [0.05, 0.1) is 6.61 Å². The molecule has 2 fully saturated rings. The van der Waals surface area contributed by atoms with Crippen molar-refractivity contribution in [3.8, 4) is 0 Å². The number of likely N-dealkylation sites (tertiary alicyclic amines) is 1. The third kappa shape index (κ3) is 3.33. The van der Waals surface area contributed by atoms with Gasteiger partial charge in [-0.05, 0) is 31.2 Å². The van der Waals surface area contributed by atoms with Crippen molar-refractivity contribution in [2.75, 3.05) is 13.2 Å². The van der Waals surface area contributed by atoms with Crippen molar-refractivity contribution in [2.24, 2.45) is 0 Å². The second kappa shape index (κ2) is 6.73. The Kier molecular flexibility index (Phi) is 4.30. The van der Waals surface area contributed by atoms with E-state index in [1.165, 1.54) is 0 Å². The summed E-state index contributed by atoms with van der Waals surface area (Å²) in [6.07, 6.45) is 4.10. The van der Waals surface area contributed by atoms with Gasteiger partial charge in [-0.25, -0.2) is 0 Å². The van der Waals surface area contributed by atoms with E-state index in [2.05, 4.69) is 10.1 Å². The monoisotopic (exact) mass is 327 g/mol. The van der Waals surface area contributed by atoms with Crippen LogP contribution >= 0.6 is 0 Å². The summed E-state index contributed by atoms with van der Waals surface area (Å²) < 4.78 is 11.0. The van der Waals surface area contributed by atoms with Crippen molar-refractivity contribution in [1.29, 1.82) is 0 Å². The summed E-state index contributed by atoms with van der Waals surface area (Å²) in [4.78, 5) is 18.8. The van der Waals surface area contributed by atoms with Crippen LogP contribution in [0.2, 0.25) is 0 Å². The molecule has 0 bridgehead atoms. The van der Waals surface area contributed by atoms with Gasteiger partial charge in [0, 0.05) is 12.5 Å². The maximum atomic E-state index is 12.5. The fourth-order valence-corrected chi connectivity index (χ4v) is 3.13. The van der Waals surface area contributed by atoms with Crippen LogP contribution in [0.1, 0.15) is 54.9 Å². The van der Waals surface area contributed by atoms with Gasteiger partial charge in [0.15, 0.2) is 5.82 Å². The van der Waals surface area contributed by atoms with E-state index in [0.717, 1.165) is 43.6 Å². The van der Waals surface area contributed by atoms with E-state index in [1.807, 2.05) is 35.2 Å². The van der Waals surface area contributed by atoms with Crippen molar-refractivity contribution >= 4 is 5.91 Å². The van der Waals surface area contributed by atoms with Crippen molar-refractivity contribution in [1.82, 2.24) is 15.0 Å². The zero-order valence-electron chi connectivity index (χ0n) is 13.6. The van der Waals surface area contributed by atoms with Crippen molar-refractivity contribution in [2.45, 2.75) is 44.2 Å². The van der Waals surface area contributed by atoms with Crippen LogP contribution < -0.4 is 0 Å². The molecular formula is C18H21N3O3. The Morgan fingerprint density at radius 1 is 1.25 bits per heavy atom. The summed E-state index contributed by atoms with van der Waals surface area (Å²) >= 11 is 0. The van der Waals surface area contributed by atoms with Gasteiger partial charge in [-0.1, -0.05) is 35.5 Å². The van der Waals surface area contributed by atoms with Gasteiger partial charge in [-0.2, -0.15) is 4.98 Å². The van der Waals surface area contributed by atoms with Crippen LogP contribution in [0.5, 0.6) is 0 Å². The lowest BCUT2D eigenvalue weighted by Gasteiger charge is -2.21. The molecule has 1 aliphatic heterocycles. The molecule has 126 valence electrons. The highest BCUT2D eigenvalue weighted by atomic mass is 16.5. The quantitative estimate of drug-likeness (QED) is 0.816. The number of carbonyl (C=O) groups excluding carboxylic acids is 1. The Hall–Kier alpha value is -2.21. The van der Waals surface area contributed by atoms with E-state index in [4.69, 9.17) is 9.26 Å². The van der Waals surface area contributed by atoms with Crippen molar-refractivity contribution in [3.63, 3.8) is 0 Å². The van der Waals surface area contributed by atoms with E-state index in [9.17, 15) is 4.79 Å². The maximum Gasteiger partial charge on any atom is 0.249 e. The molecule has 24 heavy (non-hydrogen) atoms. The fraction of sp³-hybridized carbons (Fsp3) is 0.500. The van der Waals surface area contributed by atoms with Gasteiger partial charge in [0.2, 0.25) is 11.8 Å². The van der Waals surface area contributed by atoms with E-state index >= 15 is 0 Å². The molecule has 6 nitrogen and oxygen atoms in total. The first-order valence-electron chi connectivity index (χ1n) is 8.56. The SMILES string of the molecule is O=C(COCc1ccccc1)N1CCC[C@H]1c1nc(C2CC2)no1. The third-order valence-electron chi connectivity index (χ3n) is 4.60. The first kappa shape index (κ1) is 15.3. The zero-order chi connectivity index (χ0) is 16.4. The average molecular weight is 327 g/mol. The number of hydrogen-bond acceptors (Lipinski definition) is 5. The van der Waals surface area contributed by atoms with Gasteiger partial charge < -0.3 is 14.2 Å². The molecule has 1 aliphatic carbocycles. The lowest BCUT2D eigenvalue weighted by atomic mass is 10.2. The maximum absolute atomic E-state index is 12.5. The predicted molar refractivity (Wildman–Crippen MR) is 86.1 cm³/mol. The fourth-order valence-electron chi connectivity index (χ4n) is 3.13. The topological polar surface area (TPSA) is 68.5 Å². The minimum Gasteiger partial charge on any atom is -0.367 e. The number of hydrogen-bond donors (Lipinski definition) is 0. The molecule has 1 aromatic carbocycles. The third-order valence-corrected chi connectivity index (χ3v) is 4.60. The minimum atomic E-state index is -0.0992. The lowest BCUT2D eigenvalue weighted by molar-refractivity contribution is -0.138. The largest absolute Gasteiger partial charge is 0.367 e. The average Bonchev–Trinajstić information content (AvgIpc) is 3.14. The summed E-state index contributed by atoms with van der Waals surface area (Å²) in [6.45, 7) is 1.24. The minimum absolute atomic E-state index is 0.0143. The van der Waals surface area contributed by atoms with Crippen LogP contribution in [0.3, 0.4) is 0 Å². The van der Waals surface area contributed by atoms with E-state index in [0.29, 0.717) is 18.4 Å². The molecule has 1 atom stereocenters. The number of nitrogens with zero attached hydrogens (tertiary/aromatic N) is 3. The first-order chi connectivity index (χ1) is 11.8. The molecule has 0 unspecified atom stereocenters. The van der Waals surface area contributed by atoms with Gasteiger partial charge in [-0.3, -0.25) is 4.79 Å². The Bertz CT molecular complexity index is 697. The number of aromatic nitrogens is 2. The second-order valence-corrected chi connectivity index (χ2v) is 6.49. The zero-order valence-corrected chi connectivity index (χ0v) is 13.6. The summed E-state index contributed by atoms with van der Waals surface area (Å²) in [7, 11) is 0. The molecule has 1 amide bonds. The van der Waals surface area contributed by atoms with Gasteiger partial charge in [0.1, 0.15) is 12.6 Å². The van der Waals surface area contributed by atoms with Crippen molar-refractivity contribution < 1.29 is 14.1 Å². The summed E-state index contributed by atoms with van der Waals surface area (Å²) in [5, 5.41) is 4.06. The molecule has 6 heteroatoms.